The van der Waals surface area contributed by atoms with Gasteiger partial charge in [-0.3, -0.25) is 4.79 Å². The lowest BCUT2D eigenvalue weighted by molar-refractivity contribution is 0.0953. The van der Waals surface area contributed by atoms with Crippen LogP contribution in [0, 0.1) is 0 Å². The number of thioether (sulfide) groups is 1. The van der Waals surface area contributed by atoms with Crippen molar-refractivity contribution in [1.82, 2.24) is 5.32 Å². The largest absolute Gasteiger partial charge is 0.507 e. The molecule has 0 atom stereocenters. The van der Waals surface area contributed by atoms with Gasteiger partial charge in [0.05, 0.1) is 12.7 Å². The fourth-order valence-electron chi connectivity index (χ4n) is 1.19. The van der Waals surface area contributed by atoms with Crippen molar-refractivity contribution in [2.75, 3.05) is 25.7 Å². The summed E-state index contributed by atoms with van der Waals surface area (Å²) in [4.78, 5) is 11.7. The van der Waals surface area contributed by atoms with E-state index >= 15 is 0 Å². The minimum Gasteiger partial charge on any atom is -0.507 e. The Hall–Kier alpha value is -1.36. The Labute approximate surface area is 99.0 Å². The number of aromatic hydroxyl groups is 1. The van der Waals surface area contributed by atoms with Crippen LogP contribution in [0.5, 0.6) is 11.5 Å². The van der Waals surface area contributed by atoms with Crippen LogP contribution in [0.1, 0.15) is 10.4 Å². The lowest BCUT2D eigenvalue weighted by Gasteiger charge is -2.07. The monoisotopic (exact) mass is 241 g/mol. The summed E-state index contributed by atoms with van der Waals surface area (Å²) in [5, 5.41) is 12.3. The van der Waals surface area contributed by atoms with E-state index in [1.54, 1.807) is 17.8 Å². The van der Waals surface area contributed by atoms with Crippen LogP contribution in [-0.4, -0.2) is 36.7 Å². The molecule has 4 nitrogen and oxygen atoms in total. The molecule has 0 heterocycles. The topological polar surface area (TPSA) is 58.6 Å². The molecule has 2 N–H and O–H groups in total. The summed E-state index contributed by atoms with van der Waals surface area (Å²) >= 11 is 1.65. The Kier molecular flexibility index (Phi) is 4.98. The van der Waals surface area contributed by atoms with Gasteiger partial charge >= 0.3 is 0 Å². The van der Waals surface area contributed by atoms with Crippen molar-refractivity contribution in [1.29, 1.82) is 0 Å². The summed E-state index contributed by atoms with van der Waals surface area (Å²) in [5.41, 5.74) is 0.237. The fraction of sp³-hybridized carbons (Fsp3) is 0.364. The van der Waals surface area contributed by atoms with Gasteiger partial charge in [0.2, 0.25) is 0 Å². The van der Waals surface area contributed by atoms with Crippen LogP contribution in [0.3, 0.4) is 0 Å². The Morgan fingerprint density at radius 3 is 2.94 bits per heavy atom. The number of rotatable bonds is 5. The molecule has 1 amide bonds. The molecule has 5 heteroatoms. The summed E-state index contributed by atoms with van der Waals surface area (Å²) in [6.07, 6.45) is 1.97. The van der Waals surface area contributed by atoms with E-state index in [2.05, 4.69) is 5.32 Å². The van der Waals surface area contributed by atoms with E-state index in [1.165, 1.54) is 19.2 Å². The zero-order valence-corrected chi connectivity index (χ0v) is 10.1. The van der Waals surface area contributed by atoms with Crippen LogP contribution in [0.2, 0.25) is 0 Å². The first-order valence-corrected chi connectivity index (χ1v) is 6.22. The molecule has 88 valence electrons. The van der Waals surface area contributed by atoms with Crippen LogP contribution in [0.15, 0.2) is 18.2 Å². The number of hydrogen-bond donors (Lipinski definition) is 2. The second-order valence-corrected chi connectivity index (χ2v) is 4.12. The molecule has 1 rings (SSSR count). The van der Waals surface area contributed by atoms with E-state index < -0.39 is 0 Å². The number of carbonyl (C=O) groups excluding carboxylic acids is 1. The number of ether oxygens (including phenoxy) is 1. The van der Waals surface area contributed by atoms with E-state index in [4.69, 9.17) is 4.74 Å². The van der Waals surface area contributed by atoms with E-state index in [1.807, 2.05) is 6.26 Å². The van der Waals surface area contributed by atoms with Crippen LogP contribution in [0.4, 0.5) is 0 Å². The first-order valence-electron chi connectivity index (χ1n) is 4.83. The molecule has 1 aromatic rings. The molecule has 0 radical (unpaired) electrons. The quantitative estimate of drug-likeness (QED) is 0.767. The third kappa shape index (κ3) is 3.34. The van der Waals surface area contributed by atoms with Gasteiger partial charge in [0, 0.05) is 12.3 Å². The van der Waals surface area contributed by atoms with Gasteiger partial charge < -0.3 is 15.2 Å². The van der Waals surface area contributed by atoms with Crippen molar-refractivity contribution in [2.24, 2.45) is 0 Å². The molecule has 0 aliphatic heterocycles. The standard InChI is InChI=1S/C11H15NO3S/c1-15-8-3-4-10(13)9(7-8)11(14)12-5-6-16-2/h3-4,7,13H,5-6H2,1-2H3,(H,12,14). The van der Waals surface area contributed by atoms with Crippen molar-refractivity contribution in [3.63, 3.8) is 0 Å². The van der Waals surface area contributed by atoms with Crippen molar-refractivity contribution < 1.29 is 14.6 Å². The Bertz CT molecular complexity index is 368. The van der Waals surface area contributed by atoms with Gasteiger partial charge in [0.25, 0.3) is 5.91 Å². The normalized spacial score (nSPS) is 9.88. The maximum absolute atomic E-state index is 11.7. The van der Waals surface area contributed by atoms with Gasteiger partial charge in [-0.1, -0.05) is 0 Å². The number of benzene rings is 1. The second-order valence-electron chi connectivity index (χ2n) is 3.13. The van der Waals surface area contributed by atoms with Gasteiger partial charge in [-0.2, -0.15) is 11.8 Å². The van der Waals surface area contributed by atoms with Gasteiger partial charge in [0.15, 0.2) is 0 Å². The molecule has 0 spiro atoms. The summed E-state index contributed by atoms with van der Waals surface area (Å²) in [7, 11) is 1.52. The van der Waals surface area contributed by atoms with Crippen LogP contribution >= 0.6 is 11.8 Å². The molecule has 0 saturated heterocycles. The second kappa shape index (κ2) is 6.27. The molecule has 0 fully saturated rings. The minimum atomic E-state index is -0.287. The van der Waals surface area contributed by atoms with Crippen molar-refractivity contribution in [3.8, 4) is 11.5 Å². The molecule has 0 unspecified atom stereocenters. The zero-order chi connectivity index (χ0) is 12.0. The summed E-state index contributed by atoms with van der Waals surface area (Å²) in [6.45, 7) is 0.580. The maximum Gasteiger partial charge on any atom is 0.255 e. The van der Waals surface area contributed by atoms with E-state index in [0.29, 0.717) is 12.3 Å². The zero-order valence-electron chi connectivity index (χ0n) is 9.32. The Balaban J connectivity index is 2.73. The highest BCUT2D eigenvalue weighted by molar-refractivity contribution is 7.98. The van der Waals surface area contributed by atoms with Gasteiger partial charge in [-0.25, -0.2) is 0 Å². The van der Waals surface area contributed by atoms with Crippen molar-refractivity contribution in [3.05, 3.63) is 23.8 Å². The SMILES string of the molecule is COc1ccc(O)c(C(=O)NCCSC)c1. The molecular formula is C11H15NO3S. The first-order chi connectivity index (χ1) is 7.69. The van der Waals surface area contributed by atoms with Crippen molar-refractivity contribution in [2.45, 2.75) is 0 Å². The smallest absolute Gasteiger partial charge is 0.255 e. The summed E-state index contributed by atoms with van der Waals surface area (Å²) in [5.74, 6) is 1.07. The summed E-state index contributed by atoms with van der Waals surface area (Å²) in [6, 6.07) is 4.57. The van der Waals surface area contributed by atoms with Crippen molar-refractivity contribution >= 4 is 17.7 Å². The Morgan fingerprint density at radius 1 is 1.56 bits per heavy atom. The summed E-state index contributed by atoms with van der Waals surface area (Å²) < 4.78 is 4.99. The number of phenols is 1. The van der Waals surface area contributed by atoms with E-state index in [9.17, 15) is 9.90 Å². The average molecular weight is 241 g/mol. The predicted octanol–water partition coefficient (Wildman–Crippen LogP) is 1.49. The highest BCUT2D eigenvalue weighted by Crippen LogP contribution is 2.22. The lowest BCUT2D eigenvalue weighted by atomic mass is 10.2. The maximum atomic E-state index is 11.7. The molecule has 1 aromatic carbocycles. The van der Waals surface area contributed by atoms with E-state index in [-0.39, 0.29) is 17.2 Å². The molecule has 0 bridgehead atoms. The lowest BCUT2D eigenvalue weighted by Crippen LogP contribution is -2.25. The van der Waals surface area contributed by atoms with Gasteiger partial charge in [0.1, 0.15) is 11.5 Å². The third-order valence-corrected chi connectivity index (χ3v) is 2.65. The number of nitrogens with one attached hydrogen (secondary N) is 1. The number of hydrogen-bond acceptors (Lipinski definition) is 4. The third-order valence-electron chi connectivity index (χ3n) is 2.04. The number of amides is 1. The number of carbonyl (C=O) groups is 1. The molecule has 0 aliphatic rings. The van der Waals surface area contributed by atoms with Gasteiger partial charge in [-0.05, 0) is 24.5 Å². The molecular weight excluding hydrogens is 226 g/mol. The molecule has 0 aromatic heterocycles. The average Bonchev–Trinajstić information content (AvgIpc) is 2.30. The van der Waals surface area contributed by atoms with Gasteiger partial charge in [-0.15, -0.1) is 0 Å². The number of phenolic OH excluding ortho intramolecular Hbond substituents is 1. The van der Waals surface area contributed by atoms with Crippen LogP contribution < -0.4 is 10.1 Å². The minimum absolute atomic E-state index is 0.0394. The first kappa shape index (κ1) is 12.7. The number of methoxy groups -OCH3 is 1. The molecule has 0 aliphatic carbocycles. The van der Waals surface area contributed by atoms with Crippen LogP contribution in [-0.2, 0) is 0 Å². The highest BCUT2D eigenvalue weighted by atomic mass is 32.2. The predicted molar refractivity (Wildman–Crippen MR) is 65.4 cm³/mol. The highest BCUT2D eigenvalue weighted by Gasteiger charge is 2.11. The Morgan fingerprint density at radius 2 is 2.31 bits per heavy atom. The van der Waals surface area contributed by atoms with E-state index in [0.717, 1.165) is 5.75 Å². The molecule has 0 saturated carbocycles. The molecule has 16 heavy (non-hydrogen) atoms. The fourth-order valence-corrected chi connectivity index (χ4v) is 1.49. The van der Waals surface area contributed by atoms with Crippen LogP contribution in [0.25, 0.3) is 0 Å².